The minimum Gasteiger partial charge on any atom is -0.497 e. The SMILES string of the molecule is COc1ccc([C@@H](NC(=O)c2cccc(OCc3ccccc3Cl)c2)c2ccccc2)cc1. The summed E-state index contributed by atoms with van der Waals surface area (Å²) in [4.78, 5) is 13.2. The molecule has 0 spiro atoms. The summed E-state index contributed by atoms with van der Waals surface area (Å²) >= 11 is 6.21. The Hall–Kier alpha value is -3.76. The molecular formula is C28H24ClNO3. The lowest BCUT2D eigenvalue weighted by atomic mass is 9.98. The number of nitrogens with one attached hydrogen (secondary N) is 1. The van der Waals surface area contributed by atoms with E-state index in [4.69, 9.17) is 21.1 Å². The largest absolute Gasteiger partial charge is 0.497 e. The van der Waals surface area contributed by atoms with E-state index in [0.29, 0.717) is 22.9 Å². The molecule has 1 atom stereocenters. The zero-order valence-electron chi connectivity index (χ0n) is 18.2. The fourth-order valence-electron chi connectivity index (χ4n) is 3.52. The monoisotopic (exact) mass is 457 g/mol. The summed E-state index contributed by atoms with van der Waals surface area (Å²) in [6, 6.07) is 31.9. The van der Waals surface area contributed by atoms with Gasteiger partial charge in [-0.15, -0.1) is 0 Å². The number of amides is 1. The van der Waals surface area contributed by atoms with Gasteiger partial charge in [0, 0.05) is 16.1 Å². The van der Waals surface area contributed by atoms with Crippen LogP contribution in [0.15, 0.2) is 103 Å². The van der Waals surface area contributed by atoms with Gasteiger partial charge in [0.2, 0.25) is 0 Å². The molecule has 0 aliphatic rings. The summed E-state index contributed by atoms with van der Waals surface area (Å²) in [6.45, 7) is 0.323. The number of rotatable bonds is 8. The number of ether oxygens (including phenoxy) is 2. The highest BCUT2D eigenvalue weighted by atomic mass is 35.5. The lowest BCUT2D eigenvalue weighted by molar-refractivity contribution is 0.0942. The summed E-state index contributed by atoms with van der Waals surface area (Å²) < 4.78 is 11.2. The number of carbonyl (C=O) groups is 1. The first kappa shape index (κ1) is 22.4. The fourth-order valence-corrected chi connectivity index (χ4v) is 3.71. The van der Waals surface area contributed by atoms with E-state index in [0.717, 1.165) is 22.4 Å². The summed E-state index contributed by atoms with van der Waals surface area (Å²) in [7, 11) is 1.63. The maximum Gasteiger partial charge on any atom is 0.252 e. The van der Waals surface area contributed by atoms with Crippen LogP contribution in [0.5, 0.6) is 11.5 Å². The van der Waals surface area contributed by atoms with Gasteiger partial charge < -0.3 is 14.8 Å². The molecule has 1 N–H and O–H groups in total. The van der Waals surface area contributed by atoms with E-state index in [1.807, 2.05) is 91.0 Å². The fraction of sp³-hybridized carbons (Fsp3) is 0.107. The van der Waals surface area contributed by atoms with Crippen molar-refractivity contribution in [3.05, 3.63) is 130 Å². The highest BCUT2D eigenvalue weighted by molar-refractivity contribution is 6.31. The molecule has 4 nitrogen and oxygen atoms in total. The maximum absolute atomic E-state index is 13.2. The molecule has 0 aliphatic heterocycles. The first-order chi connectivity index (χ1) is 16.1. The molecule has 0 saturated heterocycles. The van der Waals surface area contributed by atoms with Crippen LogP contribution in [0.4, 0.5) is 0 Å². The zero-order valence-corrected chi connectivity index (χ0v) is 19.0. The molecule has 0 unspecified atom stereocenters. The predicted octanol–water partition coefficient (Wildman–Crippen LogP) is 6.45. The van der Waals surface area contributed by atoms with Gasteiger partial charge in [-0.3, -0.25) is 4.79 Å². The Kier molecular flexibility index (Phi) is 7.28. The molecule has 0 heterocycles. The molecule has 4 aromatic carbocycles. The van der Waals surface area contributed by atoms with E-state index in [1.54, 1.807) is 19.2 Å². The lowest BCUT2D eigenvalue weighted by Gasteiger charge is -2.20. The van der Waals surface area contributed by atoms with Crippen LogP contribution in [-0.4, -0.2) is 13.0 Å². The van der Waals surface area contributed by atoms with Gasteiger partial charge in [0.05, 0.1) is 13.2 Å². The van der Waals surface area contributed by atoms with Crippen LogP contribution >= 0.6 is 11.6 Å². The van der Waals surface area contributed by atoms with Crippen LogP contribution in [-0.2, 0) is 6.61 Å². The molecule has 0 radical (unpaired) electrons. The molecule has 0 aromatic heterocycles. The molecule has 4 aromatic rings. The van der Waals surface area contributed by atoms with Crippen molar-refractivity contribution in [3.63, 3.8) is 0 Å². The average Bonchev–Trinajstić information content (AvgIpc) is 2.87. The summed E-state index contributed by atoms with van der Waals surface area (Å²) in [6.07, 6.45) is 0. The Morgan fingerprint density at radius 2 is 1.52 bits per heavy atom. The van der Waals surface area contributed by atoms with Gasteiger partial charge >= 0.3 is 0 Å². The average molecular weight is 458 g/mol. The zero-order chi connectivity index (χ0) is 23.0. The smallest absolute Gasteiger partial charge is 0.252 e. The van der Waals surface area contributed by atoms with Crippen molar-refractivity contribution < 1.29 is 14.3 Å². The Labute approximate surface area is 198 Å². The van der Waals surface area contributed by atoms with E-state index in [2.05, 4.69) is 5.32 Å². The molecule has 5 heteroatoms. The van der Waals surface area contributed by atoms with E-state index in [-0.39, 0.29) is 11.9 Å². The van der Waals surface area contributed by atoms with Gasteiger partial charge in [-0.1, -0.05) is 78.3 Å². The van der Waals surface area contributed by atoms with Crippen LogP contribution < -0.4 is 14.8 Å². The Bertz CT molecular complexity index is 1210. The Balaban J connectivity index is 1.53. The molecule has 4 rings (SSSR count). The highest BCUT2D eigenvalue weighted by Gasteiger charge is 2.18. The minimum absolute atomic E-state index is 0.192. The van der Waals surface area contributed by atoms with Crippen molar-refractivity contribution in [2.24, 2.45) is 0 Å². The molecule has 33 heavy (non-hydrogen) atoms. The third-order valence-corrected chi connectivity index (χ3v) is 5.67. The van der Waals surface area contributed by atoms with Crippen LogP contribution in [0, 0.1) is 0 Å². The first-order valence-electron chi connectivity index (χ1n) is 10.6. The second-order valence-corrected chi connectivity index (χ2v) is 7.91. The van der Waals surface area contributed by atoms with E-state index >= 15 is 0 Å². The number of benzene rings is 4. The van der Waals surface area contributed by atoms with Gasteiger partial charge in [0.25, 0.3) is 5.91 Å². The molecular weight excluding hydrogens is 434 g/mol. The number of hydrogen-bond donors (Lipinski definition) is 1. The summed E-state index contributed by atoms with van der Waals surface area (Å²) in [5.74, 6) is 1.17. The minimum atomic E-state index is -0.308. The number of halogens is 1. The van der Waals surface area contributed by atoms with Crippen molar-refractivity contribution in [2.75, 3.05) is 7.11 Å². The second-order valence-electron chi connectivity index (χ2n) is 7.50. The molecule has 166 valence electrons. The van der Waals surface area contributed by atoms with E-state index < -0.39 is 0 Å². The topological polar surface area (TPSA) is 47.6 Å². The second kappa shape index (κ2) is 10.7. The summed E-state index contributed by atoms with van der Waals surface area (Å²) in [5.41, 5.74) is 3.35. The normalized spacial score (nSPS) is 11.5. The lowest BCUT2D eigenvalue weighted by Crippen LogP contribution is -2.29. The molecule has 1 amide bonds. The maximum atomic E-state index is 13.2. The van der Waals surface area contributed by atoms with Crippen LogP contribution in [0.1, 0.15) is 33.1 Å². The molecule has 0 bridgehead atoms. The van der Waals surface area contributed by atoms with Gasteiger partial charge in [-0.2, -0.15) is 0 Å². The first-order valence-corrected chi connectivity index (χ1v) is 11.0. The number of hydrogen-bond acceptors (Lipinski definition) is 3. The van der Waals surface area contributed by atoms with Crippen LogP contribution in [0.25, 0.3) is 0 Å². The van der Waals surface area contributed by atoms with Crippen molar-refractivity contribution >= 4 is 17.5 Å². The van der Waals surface area contributed by atoms with Crippen molar-refractivity contribution in [2.45, 2.75) is 12.6 Å². The van der Waals surface area contributed by atoms with Crippen molar-refractivity contribution in [1.29, 1.82) is 0 Å². The quantitative estimate of drug-likeness (QED) is 0.331. The number of carbonyl (C=O) groups excluding carboxylic acids is 1. The third kappa shape index (κ3) is 5.73. The van der Waals surface area contributed by atoms with Gasteiger partial charge in [-0.25, -0.2) is 0 Å². The van der Waals surface area contributed by atoms with E-state index in [9.17, 15) is 4.79 Å². The molecule has 0 aliphatic carbocycles. The van der Waals surface area contributed by atoms with Crippen molar-refractivity contribution in [1.82, 2.24) is 5.32 Å². The Morgan fingerprint density at radius 3 is 2.24 bits per heavy atom. The highest BCUT2D eigenvalue weighted by Crippen LogP contribution is 2.25. The van der Waals surface area contributed by atoms with Gasteiger partial charge in [0.1, 0.15) is 18.1 Å². The summed E-state index contributed by atoms with van der Waals surface area (Å²) in [5, 5.41) is 3.81. The van der Waals surface area contributed by atoms with Crippen LogP contribution in [0.3, 0.4) is 0 Å². The third-order valence-electron chi connectivity index (χ3n) is 5.31. The van der Waals surface area contributed by atoms with E-state index in [1.165, 1.54) is 0 Å². The predicted molar refractivity (Wildman–Crippen MR) is 131 cm³/mol. The standard InChI is InChI=1S/C28H24ClNO3/c1-32-24-16-14-21(15-17-24)27(20-8-3-2-4-9-20)30-28(31)22-11-7-12-25(18-22)33-19-23-10-5-6-13-26(23)29/h2-18,27H,19H2,1H3,(H,30,31)/t27-/m0/s1. The number of methoxy groups -OCH3 is 1. The van der Waals surface area contributed by atoms with Crippen LogP contribution in [0.2, 0.25) is 5.02 Å². The van der Waals surface area contributed by atoms with Crippen molar-refractivity contribution in [3.8, 4) is 11.5 Å². The Morgan fingerprint density at radius 1 is 0.818 bits per heavy atom. The molecule has 0 saturated carbocycles. The van der Waals surface area contributed by atoms with Gasteiger partial charge in [-0.05, 0) is 47.5 Å². The van der Waals surface area contributed by atoms with Gasteiger partial charge in [0.15, 0.2) is 0 Å². The molecule has 0 fully saturated rings.